The standard InChI is InChI=1S/C15H23FO/c1-2-3-4-5-6-7-8-9-13-12-14(17)10-11-15(13)16/h10-12,17H,2-9H2,1H3. The summed E-state index contributed by atoms with van der Waals surface area (Å²) in [5.74, 6) is -0.0434. The van der Waals surface area contributed by atoms with Crippen molar-refractivity contribution in [3.63, 3.8) is 0 Å². The zero-order valence-electron chi connectivity index (χ0n) is 10.7. The molecule has 0 radical (unpaired) electrons. The lowest BCUT2D eigenvalue weighted by atomic mass is 10.0. The van der Waals surface area contributed by atoms with Crippen LogP contribution in [0.1, 0.15) is 57.4 Å². The minimum absolute atomic E-state index is 0.157. The van der Waals surface area contributed by atoms with Crippen LogP contribution in [0, 0.1) is 5.82 Å². The molecule has 0 saturated carbocycles. The molecule has 1 aromatic rings. The molecule has 0 bridgehead atoms. The van der Waals surface area contributed by atoms with Crippen LogP contribution in [0.4, 0.5) is 4.39 Å². The number of unbranched alkanes of at least 4 members (excludes halogenated alkanes) is 6. The number of aryl methyl sites for hydroxylation is 1. The van der Waals surface area contributed by atoms with Crippen molar-refractivity contribution in [3.05, 3.63) is 29.6 Å². The van der Waals surface area contributed by atoms with Crippen molar-refractivity contribution in [1.29, 1.82) is 0 Å². The molecule has 0 aromatic heterocycles. The third-order valence-electron chi connectivity index (χ3n) is 3.08. The van der Waals surface area contributed by atoms with Gasteiger partial charge in [-0.1, -0.05) is 45.4 Å². The number of aromatic hydroxyl groups is 1. The van der Waals surface area contributed by atoms with Gasteiger partial charge in [0.1, 0.15) is 11.6 Å². The largest absolute Gasteiger partial charge is 0.508 e. The van der Waals surface area contributed by atoms with Gasteiger partial charge in [-0.2, -0.15) is 0 Å². The fraction of sp³-hybridized carbons (Fsp3) is 0.600. The van der Waals surface area contributed by atoms with Gasteiger partial charge in [0.05, 0.1) is 0 Å². The first-order valence-electron chi connectivity index (χ1n) is 6.71. The molecule has 1 N–H and O–H groups in total. The van der Waals surface area contributed by atoms with E-state index in [0.29, 0.717) is 5.56 Å². The Kier molecular flexibility index (Phi) is 6.68. The van der Waals surface area contributed by atoms with E-state index in [4.69, 9.17) is 0 Å². The highest BCUT2D eigenvalue weighted by molar-refractivity contribution is 5.28. The van der Waals surface area contributed by atoms with Crippen LogP contribution in [0.2, 0.25) is 0 Å². The first kappa shape index (κ1) is 14.0. The quantitative estimate of drug-likeness (QED) is 0.643. The van der Waals surface area contributed by atoms with Crippen molar-refractivity contribution in [2.24, 2.45) is 0 Å². The van der Waals surface area contributed by atoms with Crippen LogP contribution in [0.25, 0.3) is 0 Å². The van der Waals surface area contributed by atoms with Crippen molar-refractivity contribution in [2.75, 3.05) is 0 Å². The minimum atomic E-state index is -0.200. The number of hydrogen-bond donors (Lipinski definition) is 1. The average Bonchev–Trinajstić information content (AvgIpc) is 2.32. The summed E-state index contributed by atoms with van der Waals surface area (Å²) in [6.45, 7) is 2.21. The second-order valence-corrected chi connectivity index (χ2v) is 4.65. The lowest BCUT2D eigenvalue weighted by Gasteiger charge is -2.04. The maximum atomic E-state index is 13.3. The van der Waals surface area contributed by atoms with Crippen molar-refractivity contribution in [2.45, 2.75) is 58.3 Å². The lowest BCUT2D eigenvalue weighted by molar-refractivity contribution is 0.470. The molecule has 0 aliphatic rings. The van der Waals surface area contributed by atoms with Crippen molar-refractivity contribution in [1.82, 2.24) is 0 Å². The third kappa shape index (κ3) is 5.71. The van der Waals surface area contributed by atoms with Crippen LogP contribution in [0.3, 0.4) is 0 Å². The zero-order valence-corrected chi connectivity index (χ0v) is 10.7. The van der Waals surface area contributed by atoms with E-state index in [1.165, 1.54) is 50.3 Å². The van der Waals surface area contributed by atoms with Gasteiger partial charge in [-0.25, -0.2) is 4.39 Å². The van der Waals surface area contributed by atoms with Crippen molar-refractivity contribution in [3.8, 4) is 5.75 Å². The van der Waals surface area contributed by atoms with Gasteiger partial charge < -0.3 is 5.11 Å². The maximum absolute atomic E-state index is 13.3. The molecule has 0 saturated heterocycles. The predicted molar refractivity (Wildman–Crippen MR) is 69.8 cm³/mol. The molecule has 0 spiro atoms. The molecule has 0 heterocycles. The fourth-order valence-electron chi connectivity index (χ4n) is 2.03. The molecular formula is C15H23FO. The Bertz CT molecular complexity index is 323. The van der Waals surface area contributed by atoms with Crippen molar-refractivity contribution >= 4 is 0 Å². The average molecular weight is 238 g/mol. The summed E-state index contributed by atoms with van der Waals surface area (Å²) in [7, 11) is 0. The van der Waals surface area contributed by atoms with Crippen LogP contribution >= 0.6 is 0 Å². The lowest BCUT2D eigenvalue weighted by Crippen LogP contribution is -1.91. The number of phenolic OH excluding ortho intramolecular Hbond substituents is 1. The molecule has 1 aromatic carbocycles. The molecule has 1 rings (SSSR count). The molecule has 96 valence electrons. The van der Waals surface area contributed by atoms with E-state index in [0.717, 1.165) is 19.3 Å². The topological polar surface area (TPSA) is 20.2 Å². The summed E-state index contributed by atoms with van der Waals surface area (Å²) in [5.41, 5.74) is 0.638. The van der Waals surface area contributed by atoms with Crippen LogP contribution < -0.4 is 0 Å². The zero-order chi connectivity index (χ0) is 12.5. The summed E-state index contributed by atoms with van der Waals surface area (Å²) in [5, 5.41) is 9.27. The van der Waals surface area contributed by atoms with Gasteiger partial charge in [0.15, 0.2) is 0 Å². The molecule has 17 heavy (non-hydrogen) atoms. The van der Waals surface area contributed by atoms with Gasteiger partial charge in [0.25, 0.3) is 0 Å². The molecule has 0 atom stereocenters. The third-order valence-corrected chi connectivity index (χ3v) is 3.08. The van der Waals surface area contributed by atoms with E-state index >= 15 is 0 Å². The van der Waals surface area contributed by atoms with Gasteiger partial charge >= 0.3 is 0 Å². The molecular weight excluding hydrogens is 215 g/mol. The fourth-order valence-corrected chi connectivity index (χ4v) is 2.03. The van der Waals surface area contributed by atoms with Crippen LogP contribution in [-0.4, -0.2) is 5.11 Å². The summed E-state index contributed by atoms with van der Waals surface area (Å²) < 4.78 is 13.3. The Morgan fingerprint density at radius 1 is 1.00 bits per heavy atom. The minimum Gasteiger partial charge on any atom is -0.508 e. The predicted octanol–water partition coefficient (Wildman–Crippen LogP) is 4.82. The van der Waals surface area contributed by atoms with E-state index in [9.17, 15) is 9.50 Å². The summed E-state index contributed by atoms with van der Waals surface area (Å²) in [4.78, 5) is 0. The number of rotatable bonds is 8. The van der Waals surface area contributed by atoms with Crippen LogP contribution in [-0.2, 0) is 6.42 Å². The summed E-state index contributed by atoms with van der Waals surface area (Å²) in [6, 6.07) is 4.27. The first-order valence-corrected chi connectivity index (χ1v) is 6.71. The van der Waals surface area contributed by atoms with E-state index < -0.39 is 0 Å². The van der Waals surface area contributed by atoms with E-state index in [-0.39, 0.29) is 11.6 Å². The molecule has 0 aliphatic heterocycles. The highest BCUT2D eigenvalue weighted by atomic mass is 19.1. The monoisotopic (exact) mass is 238 g/mol. The Labute approximate surface area is 104 Å². The normalized spacial score (nSPS) is 10.7. The number of benzene rings is 1. The Balaban J connectivity index is 2.15. The molecule has 2 heteroatoms. The summed E-state index contributed by atoms with van der Waals surface area (Å²) in [6.07, 6.45) is 9.32. The highest BCUT2D eigenvalue weighted by Gasteiger charge is 2.02. The Hall–Kier alpha value is -1.05. The van der Waals surface area contributed by atoms with Crippen molar-refractivity contribution < 1.29 is 9.50 Å². The van der Waals surface area contributed by atoms with E-state index in [2.05, 4.69) is 6.92 Å². The Morgan fingerprint density at radius 3 is 2.35 bits per heavy atom. The van der Waals surface area contributed by atoms with Crippen LogP contribution in [0.5, 0.6) is 5.75 Å². The summed E-state index contributed by atoms with van der Waals surface area (Å²) >= 11 is 0. The molecule has 0 fully saturated rings. The second-order valence-electron chi connectivity index (χ2n) is 4.65. The van der Waals surface area contributed by atoms with E-state index in [1.54, 1.807) is 0 Å². The van der Waals surface area contributed by atoms with E-state index in [1.807, 2.05) is 0 Å². The highest BCUT2D eigenvalue weighted by Crippen LogP contribution is 2.18. The van der Waals surface area contributed by atoms with Gasteiger partial charge in [0, 0.05) is 0 Å². The SMILES string of the molecule is CCCCCCCCCc1cc(O)ccc1F. The molecule has 1 nitrogen and oxygen atoms in total. The number of hydrogen-bond acceptors (Lipinski definition) is 1. The Morgan fingerprint density at radius 2 is 1.65 bits per heavy atom. The van der Waals surface area contributed by atoms with Gasteiger partial charge in [-0.3, -0.25) is 0 Å². The number of halogens is 1. The second kappa shape index (κ2) is 8.10. The maximum Gasteiger partial charge on any atom is 0.126 e. The van der Waals surface area contributed by atoms with Crippen LogP contribution in [0.15, 0.2) is 18.2 Å². The first-order chi connectivity index (χ1) is 8.24. The van der Waals surface area contributed by atoms with Gasteiger partial charge in [-0.05, 0) is 36.6 Å². The van der Waals surface area contributed by atoms with Gasteiger partial charge in [-0.15, -0.1) is 0 Å². The van der Waals surface area contributed by atoms with Gasteiger partial charge in [0.2, 0.25) is 0 Å². The molecule has 0 amide bonds. The molecule has 0 aliphatic carbocycles. The number of phenols is 1. The molecule has 0 unspecified atom stereocenters. The smallest absolute Gasteiger partial charge is 0.126 e.